The van der Waals surface area contributed by atoms with Crippen molar-refractivity contribution in [2.75, 3.05) is 19.6 Å². The first-order chi connectivity index (χ1) is 13.1. The number of hydrogen-bond donors (Lipinski definition) is 0. The van der Waals surface area contributed by atoms with Gasteiger partial charge >= 0.3 is 0 Å². The lowest BCUT2D eigenvalue weighted by Gasteiger charge is -2.47. The lowest BCUT2D eigenvalue weighted by Crippen LogP contribution is -2.55. The predicted molar refractivity (Wildman–Crippen MR) is 109 cm³/mol. The largest absolute Gasteiger partial charge is 0.339 e. The zero-order valence-corrected chi connectivity index (χ0v) is 17.2. The second-order valence-electron chi connectivity index (χ2n) is 8.06. The second kappa shape index (κ2) is 8.15. The van der Waals surface area contributed by atoms with Crippen LogP contribution >= 0.6 is 11.3 Å². The molecule has 0 saturated carbocycles. The highest BCUT2D eigenvalue weighted by Crippen LogP contribution is 2.32. The Morgan fingerprint density at radius 3 is 2.93 bits per heavy atom. The van der Waals surface area contributed by atoms with Crippen LogP contribution in [0.2, 0.25) is 0 Å². The highest BCUT2D eigenvalue weighted by Gasteiger charge is 2.37. The van der Waals surface area contributed by atoms with Crippen molar-refractivity contribution in [2.45, 2.75) is 58.7 Å². The molecule has 0 N–H and O–H groups in total. The molecule has 2 aromatic rings. The molecule has 2 fully saturated rings. The van der Waals surface area contributed by atoms with E-state index in [0.717, 1.165) is 50.4 Å². The number of fused-ring (bicyclic) bond motifs is 1. The number of thiophene rings is 1. The number of nitrogens with zero attached hydrogens (tertiary/aromatic N) is 4. The average Bonchev–Trinajstić information content (AvgIpc) is 3.28. The highest BCUT2D eigenvalue weighted by molar-refractivity contribution is 7.09. The Labute approximate surface area is 166 Å². The van der Waals surface area contributed by atoms with Crippen LogP contribution in [0.3, 0.4) is 0 Å². The third-order valence-corrected chi connectivity index (χ3v) is 6.93. The number of likely N-dealkylation sites (tertiary alicyclic amines) is 2. The number of amides is 1. The van der Waals surface area contributed by atoms with Crippen LogP contribution in [0.15, 0.2) is 23.6 Å². The molecule has 146 valence electrons. The summed E-state index contributed by atoms with van der Waals surface area (Å²) in [7, 11) is 0. The molecule has 0 aromatic carbocycles. The Morgan fingerprint density at radius 2 is 2.19 bits per heavy atom. The summed E-state index contributed by atoms with van der Waals surface area (Å²) < 4.78 is 1.97. The van der Waals surface area contributed by atoms with Crippen molar-refractivity contribution in [2.24, 2.45) is 5.92 Å². The lowest BCUT2D eigenvalue weighted by atomic mass is 9.83. The van der Waals surface area contributed by atoms with E-state index in [-0.39, 0.29) is 0 Å². The molecular formula is C21H30N4OS. The molecule has 4 heterocycles. The van der Waals surface area contributed by atoms with Gasteiger partial charge in [0.1, 0.15) is 0 Å². The zero-order valence-electron chi connectivity index (χ0n) is 16.4. The maximum absolute atomic E-state index is 13.0. The number of aromatic nitrogens is 2. The maximum Gasteiger partial charge on any atom is 0.224 e. The van der Waals surface area contributed by atoms with Gasteiger partial charge in [-0.15, -0.1) is 11.3 Å². The van der Waals surface area contributed by atoms with Crippen LogP contribution in [-0.2, 0) is 17.9 Å². The average molecular weight is 387 g/mol. The third-order valence-electron chi connectivity index (χ3n) is 6.07. The van der Waals surface area contributed by atoms with Gasteiger partial charge in [0.05, 0.1) is 5.69 Å². The Hall–Kier alpha value is -1.66. The van der Waals surface area contributed by atoms with E-state index in [0.29, 0.717) is 30.8 Å². The van der Waals surface area contributed by atoms with Gasteiger partial charge in [-0.25, -0.2) is 0 Å². The van der Waals surface area contributed by atoms with Crippen molar-refractivity contribution in [1.82, 2.24) is 19.6 Å². The molecule has 4 rings (SSSR count). The lowest BCUT2D eigenvalue weighted by molar-refractivity contribution is -0.138. The molecular weight excluding hydrogens is 356 g/mol. The van der Waals surface area contributed by atoms with Gasteiger partial charge < -0.3 is 4.90 Å². The van der Waals surface area contributed by atoms with E-state index < -0.39 is 0 Å². The zero-order chi connectivity index (χ0) is 18.8. The fraction of sp³-hybridized carbons (Fsp3) is 0.619. The number of piperidine rings is 2. The normalized spacial score (nSPS) is 23.4. The molecule has 5 nitrogen and oxygen atoms in total. The minimum atomic E-state index is 0.309. The summed E-state index contributed by atoms with van der Waals surface area (Å²) >= 11 is 1.84. The SMILES string of the molecule is Cc1cc(C)n(CCC(=O)N2CCC[C@@H]3CN(Cc4cccs4)CC[C@H]32)n1. The number of hydrogen-bond acceptors (Lipinski definition) is 4. The van der Waals surface area contributed by atoms with Gasteiger partial charge in [-0.2, -0.15) is 5.10 Å². The number of rotatable bonds is 5. The Morgan fingerprint density at radius 1 is 1.30 bits per heavy atom. The summed E-state index contributed by atoms with van der Waals surface area (Å²) in [5, 5.41) is 6.65. The first-order valence-corrected chi connectivity index (χ1v) is 11.0. The topological polar surface area (TPSA) is 41.4 Å². The molecule has 0 unspecified atom stereocenters. The van der Waals surface area contributed by atoms with Crippen LogP contribution in [0.5, 0.6) is 0 Å². The Bertz CT molecular complexity index is 769. The minimum absolute atomic E-state index is 0.309. The van der Waals surface area contributed by atoms with E-state index in [9.17, 15) is 4.79 Å². The molecule has 2 aliphatic rings. The van der Waals surface area contributed by atoms with Crippen molar-refractivity contribution in [3.05, 3.63) is 39.8 Å². The van der Waals surface area contributed by atoms with E-state index in [1.54, 1.807) is 0 Å². The molecule has 0 radical (unpaired) electrons. The van der Waals surface area contributed by atoms with Crippen LogP contribution in [0.1, 0.15) is 41.9 Å². The van der Waals surface area contributed by atoms with Gasteiger partial charge in [-0.05, 0) is 56.5 Å². The number of carbonyl (C=O) groups excluding carboxylic acids is 1. The van der Waals surface area contributed by atoms with Crippen LogP contribution in [0, 0.1) is 19.8 Å². The van der Waals surface area contributed by atoms with Crippen LogP contribution in [0.4, 0.5) is 0 Å². The van der Waals surface area contributed by atoms with Gasteiger partial charge in [-0.3, -0.25) is 14.4 Å². The van der Waals surface area contributed by atoms with Crippen molar-refractivity contribution in [1.29, 1.82) is 0 Å². The Balaban J connectivity index is 1.34. The third kappa shape index (κ3) is 4.27. The van der Waals surface area contributed by atoms with Crippen LogP contribution < -0.4 is 0 Å². The number of aryl methyl sites for hydroxylation is 3. The molecule has 2 aliphatic heterocycles. The second-order valence-corrected chi connectivity index (χ2v) is 9.09. The van der Waals surface area contributed by atoms with Gasteiger partial charge in [0.25, 0.3) is 0 Å². The quantitative estimate of drug-likeness (QED) is 0.790. The molecule has 2 atom stereocenters. The molecule has 0 spiro atoms. The van der Waals surface area contributed by atoms with E-state index in [4.69, 9.17) is 0 Å². The monoisotopic (exact) mass is 386 g/mol. The van der Waals surface area contributed by atoms with Gasteiger partial charge in [0.15, 0.2) is 0 Å². The van der Waals surface area contributed by atoms with Gasteiger partial charge in [-0.1, -0.05) is 6.07 Å². The minimum Gasteiger partial charge on any atom is -0.339 e. The van der Waals surface area contributed by atoms with E-state index in [2.05, 4.69) is 45.4 Å². The molecule has 0 aliphatic carbocycles. The molecule has 2 saturated heterocycles. The van der Waals surface area contributed by atoms with Crippen molar-refractivity contribution >= 4 is 17.2 Å². The summed E-state index contributed by atoms with van der Waals surface area (Å²) in [5.74, 6) is 0.939. The fourth-order valence-electron chi connectivity index (χ4n) is 4.80. The van der Waals surface area contributed by atoms with E-state index in [1.165, 1.54) is 11.3 Å². The van der Waals surface area contributed by atoms with Crippen LogP contribution in [0.25, 0.3) is 0 Å². The first-order valence-electron chi connectivity index (χ1n) is 10.2. The number of carbonyl (C=O) groups is 1. The summed E-state index contributed by atoms with van der Waals surface area (Å²) in [5.41, 5.74) is 2.16. The van der Waals surface area contributed by atoms with Crippen LogP contribution in [-0.4, -0.2) is 51.2 Å². The fourth-order valence-corrected chi connectivity index (χ4v) is 5.55. The molecule has 1 amide bonds. The van der Waals surface area contributed by atoms with Crippen molar-refractivity contribution in [3.8, 4) is 0 Å². The van der Waals surface area contributed by atoms with Crippen molar-refractivity contribution in [3.63, 3.8) is 0 Å². The smallest absolute Gasteiger partial charge is 0.224 e. The molecule has 6 heteroatoms. The van der Waals surface area contributed by atoms with Crippen molar-refractivity contribution < 1.29 is 4.79 Å². The molecule has 2 aromatic heterocycles. The summed E-state index contributed by atoms with van der Waals surface area (Å²) in [6.07, 6.45) is 4.07. The van der Waals surface area contributed by atoms with E-state index in [1.807, 2.05) is 22.9 Å². The maximum atomic E-state index is 13.0. The van der Waals surface area contributed by atoms with Gasteiger partial charge in [0.2, 0.25) is 5.91 Å². The standard InChI is InChI=1S/C21H30N4OS/c1-16-13-17(2)25(22-16)11-8-21(26)24-9-3-5-18-14-23(10-7-20(18)24)15-19-6-4-12-27-19/h4,6,12-13,18,20H,3,5,7-11,14-15H2,1-2H3/t18-,20-/m1/s1. The summed E-state index contributed by atoms with van der Waals surface area (Å²) in [6.45, 7) is 8.98. The van der Waals surface area contributed by atoms with Gasteiger partial charge in [0, 0.05) is 55.8 Å². The first kappa shape index (κ1) is 18.7. The molecule has 0 bridgehead atoms. The Kier molecular flexibility index (Phi) is 5.64. The molecule has 27 heavy (non-hydrogen) atoms. The highest BCUT2D eigenvalue weighted by atomic mass is 32.1. The van der Waals surface area contributed by atoms with E-state index >= 15 is 0 Å². The predicted octanol–water partition coefficient (Wildman–Crippen LogP) is 3.46. The summed E-state index contributed by atoms with van der Waals surface area (Å²) in [6, 6.07) is 6.87. The summed E-state index contributed by atoms with van der Waals surface area (Å²) in [4.78, 5) is 19.2.